The number of hydrogen-bond donors (Lipinski definition) is 0. The minimum absolute atomic E-state index is 0.888. The first-order valence-electron chi connectivity index (χ1n) is 18.7. The lowest BCUT2D eigenvalue weighted by Gasteiger charge is -2.27. The average Bonchev–Trinajstić information content (AvgIpc) is 3.83. The fourth-order valence-electron chi connectivity index (χ4n) is 8.16. The largest absolute Gasteiger partial charge is 0.456 e. The second-order valence-electron chi connectivity index (χ2n) is 14.1. The standard InChI is InChI=1S/C52H33NOS/c1-2-11-38(12-3-1)43-29-30-47(52-51(43)45-15-7-9-17-50(45)55-52)53(42-28-31-49-46(33-42)44-14-6-8-16-48(44)54-49)41-26-24-36(25-27-41)35-18-20-37(21-19-35)40-23-22-34-10-4-5-13-39(34)32-40/h1-33H. The van der Waals surface area contributed by atoms with Gasteiger partial charge in [-0.3, -0.25) is 0 Å². The molecule has 0 aliphatic rings. The fraction of sp³-hybridized carbons (Fsp3) is 0. The topological polar surface area (TPSA) is 16.4 Å². The van der Waals surface area contributed by atoms with Crippen LogP contribution in [0.2, 0.25) is 0 Å². The molecule has 11 rings (SSSR count). The molecule has 0 aliphatic heterocycles. The lowest BCUT2D eigenvalue weighted by Crippen LogP contribution is -2.10. The van der Waals surface area contributed by atoms with Gasteiger partial charge in [0.25, 0.3) is 0 Å². The minimum Gasteiger partial charge on any atom is -0.456 e. The van der Waals surface area contributed by atoms with Gasteiger partial charge in [0.2, 0.25) is 0 Å². The van der Waals surface area contributed by atoms with E-state index in [1.807, 2.05) is 23.5 Å². The van der Waals surface area contributed by atoms with Crippen molar-refractivity contribution < 1.29 is 4.42 Å². The summed E-state index contributed by atoms with van der Waals surface area (Å²) in [5, 5.41) is 7.30. The van der Waals surface area contributed by atoms with Crippen LogP contribution in [-0.4, -0.2) is 0 Å². The number of benzene rings is 9. The molecule has 2 aromatic heterocycles. The van der Waals surface area contributed by atoms with Crippen LogP contribution in [0.15, 0.2) is 205 Å². The molecule has 258 valence electrons. The zero-order valence-electron chi connectivity index (χ0n) is 29.8. The molecular weight excluding hydrogens is 687 g/mol. The molecule has 2 heterocycles. The van der Waals surface area contributed by atoms with Gasteiger partial charge in [0.1, 0.15) is 11.2 Å². The zero-order valence-corrected chi connectivity index (χ0v) is 30.6. The summed E-state index contributed by atoms with van der Waals surface area (Å²) in [7, 11) is 0. The van der Waals surface area contributed by atoms with Gasteiger partial charge in [-0.2, -0.15) is 0 Å². The van der Waals surface area contributed by atoms with Gasteiger partial charge in [0.15, 0.2) is 0 Å². The second kappa shape index (κ2) is 12.9. The van der Waals surface area contributed by atoms with Crippen LogP contribution in [0.4, 0.5) is 17.1 Å². The van der Waals surface area contributed by atoms with Gasteiger partial charge in [-0.05, 0) is 98.8 Å². The number of thiophene rings is 1. The molecule has 11 aromatic rings. The van der Waals surface area contributed by atoms with E-state index in [4.69, 9.17) is 4.42 Å². The monoisotopic (exact) mass is 719 g/mol. The van der Waals surface area contributed by atoms with Crippen molar-refractivity contribution in [3.05, 3.63) is 200 Å². The number of rotatable bonds is 6. The molecule has 0 N–H and O–H groups in total. The van der Waals surface area contributed by atoms with Crippen molar-refractivity contribution in [3.8, 4) is 33.4 Å². The third kappa shape index (κ3) is 5.40. The molecule has 0 amide bonds. The molecule has 0 radical (unpaired) electrons. The first-order valence-corrected chi connectivity index (χ1v) is 19.5. The molecule has 0 spiro atoms. The highest BCUT2D eigenvalue weighted by Gasteiger charge is 2.22. The van der Waals surface area contributed by atoms with Crippen molar-refractivity contribution in [2.75, 3.05) is 4.90 Å². The SMILES string of the molecule is c1ccc(-c2ccc(N(c3ccc(-c4ccc(-c5ccc6ccccc6c5)cc4)cc3)c3ccc4oc5ccccc5c4c3)c3sc4ccccc4c23)cc1. The normalized spacial score (nSPS) is 11.6. The van der Waals surface area contributed by atoms with E-state index in [2.05, 4.69) is 193 Å². The summed E-state index contributed by atoms with van der Waals surface area (Å²) in [4.78, 5) is 2.42. The van der Waals surface area contributed by atoms with Crippen molar-refractivity contribution >= 4 is 81.3 Å². The van der Waals surface area contributed by atoms with Crippen LogP contribution < -0.4 is 4.90 Å². The third-order valence-corrected chi connectivity index (χ3v) is 12.1. The van der Waals surface area contributed by atoms with Crippen LogP contribution in [-0.2, 0) is 0 Å². The van der Waals surface area contributed by atoms with Crippen LogP contribution in [0.25, 0.3) is 86.3 Å². The van der Waals surface area contributed by atoms with Crippen molar-refractivity contribution in [2.45, 2.75) is 0 Å². The number of furan rings is 1. The Morgan fingerprint density at radius 1 is 0.382 bits per heavy atom. The molecule has 0 aliphatic carbocycles. The number of anilines is 3. The van der Waals surface area contributed by atoms with Gasteiger partial charge >= 0.3 is 0 Å². The van der Waals surface area contributed by atoms with E-state index in [0.29, 0.717) is 0 Å². The van der Waals surface area contributed by atoms with Crippen molar-refractivity contribution in [2.24, 2.45) is 0 Å². The Kier molecular flexibility index (Phi) is 7.39. The van der Waals surface area contributed by atoms with E-state index in [-0.39, 0.29) is 0 Å². The summed E-state index contributed by atoms with van der Waals surface area (Å²) in [6.45, 7) is 0. The van der Waals surface area contributed by atoms with Gasteiger partial charge in [0, 0.05) is 37.6 Å². The summed E-state index contributed by atoms with van der Waals surface area (Å²) in [5.41, 5.74) is 12.4. The van der Waals surface area contributed by atoms with Gasteiger partial charge in [-0.25, -0.2) is 0 Å². The molecule has 0 unspecified atom stereocenters. The lowest BCUT2D eigenvalue weighted by atomic mass is 9.97. The van der Waals surface area contributed by atoms with Crippen molar-refractivity contribution in [1.29, 1.82) is 0 Å². The maximum Gasteiger partial charge on any atom is 0.135 e. The van der Waals surface area contributed by atoms with Crippen LogP contribution in [0.5, 0.6) is 0 Å². The lowest BCUT2D eigenvalue weighted by molar-refractivity contribution is 0.669. The Morgan fingerprint density at radius 2 is 1.00 bits per heavy atom. The Bertz CT molecular complexity index is 3190. The summed E-state index contributed by atoms with van der Waals surface area (Å²) < 4.78 is 8.81. The molecule has 0 saturated carbocycles. The van der Waals surface area contributed by atoms with Crippen LogP contribution >= 0.6 is 11.3 Å². The molecule has 0 saturated heterocycles. The van der Waals surface area contributed by atoms with Gasteiger partial charge in [0.05, 0.1) is 10.4 Å². The highest BCUT2D eigenvalue weighted by Crippen LogP contribution is 2.49. The highest BCUT2D eigenvalue weighted by atomic mass is 32.1. The Balaban J connectivity index is 1.05. The maximum atomic E-state index is 6.28. The van der Waals surface area contributed by atoms with E-state index >= 15 is 0 Å². The minimum atomic E-state index is 0.888. The second-order valence-corrected chi connectivity index (χ2v) is 15.2. The van der Waals surface area contributed by atoms with Gasteiger partial charge < -0.3 is 9.32 Å². The van der Waals surface area contributed by atoms with Crippen LogP contribution in [0, 0.1) is 0 Å². The summed E-state index contributed by atoms with van der Waals surface area (Å²) in [6.07, 6.45) is 0. The molecule has 9 aromatic carbocycles. The predicted octanol–water partition coefficient (Wildman–Crippen LogP) is 15.6. The first kappa shape index (κ1) is 31.6. The first-order chi connectivity index (χ1) is 27.2. The molecule has 2 nitrogen and oxygen atoms in total. The van der Waals surface area contributed by atoms with Crippen LogP contribution in [0.1, 0.15) is 0 Å². The van der Waals surface area contributed by atoms with Crippen molar-refractivity contribution in [3.63, 3.8) is 0 Å². The average molecular weight is 720 g/mol. The summed E-state index contributed by atoms with van der Waals surface area (Å²) in [6, 6.07) is 72.2. The van der Waals surface area contributed by atoms with E-state index in [1.54, 1.807) is 0 Å². The highest BCUT2D eigenvalue weighted by molar-refractivity contribution is 7.26. The Hall–Kier alpha value is -6.94. The fourth-order valence-corrected chi connectivity index (χ4v) is 9.39. The Morgan fingerprint density at radius 3 is 1.82 bits per heavy atom. The number of fused-ring (bicyclic) bond motifs is 7. The molecule has 3 heteroatoms. The molecule has 0 bridgehead atoms. The van der Waals surface area contributed by atoms with Gasteiger partial charge in [-0.1, -0.05) is 146 Å². The molecular formula is C52H33NOS. The zero-order chi connectivity index (χ0) is 36.3. The Labute approximate surface area is 322 Å². The summed E-state index contributed by atoms with van der Waals surface area (Å²) >= 11 is 1.86. The van der Waals surface area contributed by atoms with Gasteiger partial charge in [-0.15, -0.1) is 11.3 Å². The van der Waals surface area contributed by atoms with E-state index in [9.17, 15) is 0 Å². The number of hydrogen-bond acceptors (Lipinski definition) is 3. The smallest absolute Gasteiger partial charge is 0.135 e. The van der Waals surface area contributed by atoms with E-state index in [0.717, 1.165) is 39.0 Å². The van der Waals surface area contributed by atoms with E-state index in [1.165, 1.54) is 64.3 Å². The van der Waals surface area contributed by atoms with Crippen LogP contribution in [0.3, 0.4) is 0 Å². The molecule has 0 fully saturated rings. The van der Waals surface area contributed by atoms with Crippen molar-refractivity contribution in [1.82, 2.24) is 0 Å². The number of para-hydroxylation sites is 1. The predicted molar refractivity (Wildman–Crippen MR) is 235 cm³/mol. The summed E-state index contributed by atoms with van der Waals surface area (Å²) in [5.74, 6) is 0. The molecule has 55 heavy (non-hydrogen) atoms. The number of nitrogens with zero attached hydrogens (tertiary/aromatic N) is 1. The van der Waals surface area contributed by atoms with E-state index < -0.39 is 0 Å². The third-order valence-electron chi connectivity index (χ3n) is 10.9. The maximum absolute atomic E-state index is 6.28. The molecule has 0 atom stereocenters. The quantitative estimate of drug-likeness (QED) is 0.170.